The molecular formula is C13H20. The van der Waals surface area contributed by atoms with Gasteiger partial charge in [-0.1, -0.05) is 51.3 Å². The molecule has 0 aliphatic heterocycles. The summed E-state index contributed by atoms with van der Waals surface area (Å²) in [5.41, 5.74) is 2.35. The van der Waals surface area contributed by atoms with Crippen molar-refractivity contribution in [1.82, 2.24) is 0 Å². The molecule has 72 valence electrons. The lowest BCUT2D eigenvalue weighted by Crippen LogP contribution is -1.87. The van der Waals surface area contributed by atoms with Crippen LogP contribution >= 0.6 is 0 Å². The van der Waals surface area contributed by atoms with Crippen LogP contribution in [0.15, 0.2) is 48.6 Å². The van der Waals surface area contributed by atoms with Gasteiger partial charge in [0.1, 0.15) is 0 Å². The van der Waals surface area contributed by atoms with Crippen molar-refractivity contribution in [2.75, 3.05) is 0 Å². The summed E-state index contributed by atoms with van der Waals surface area (Å²) >= 11 is 0. The van der Waals surface area contributed by atoms with Crippen molar-refractivity contribution in [2.24, 2.45) is 5.92 Å². The van der Waals surface area contributed by atoms with E-state index < -0.39 is 0 Å². The predicted octanol–water partition coefficient (Wildman–Crippen LogP) is 4.28. The van der Waals surface area contributed by atoms with Crippen LogP contribution in [-0.2, 0) is 0 Å². The largest absolute Gasteiger partial charge is 0.0985 e. The molecule has 0 aromatic carbocycles. The molecule has 0 amide bonds. The molecule has 0 nitrogen and oxygen atoms in total. The number of hydrogen-bond acceptors (Lipinski definition) is 0. The molecule has 0 N–H and O–H groups in total. The van der Waals surface area contributed by atoms with Gasteiger partial charge in [0.15, 0.2) is 0 Å². The minimum Gasteiger partial charge on any atom is -0.0985 e. The Bertz CT molecular complexity index is 226. The smallest absolute Gasteiger partial charge is 0.0233 e. The molecule has 0 atom stereocenters. The van der Waals surface area contributed by atoms with E-state index in [0.29, 0.717) is 5.92 Å². The Balaban J connectivity index is 4.58. The van der Waals surface area contributed by atoms with Gasteiger partial charge in [0.2, 0.25) is 0 Å². The van der Waals surface area contributed by atoms with Crippen LogP contribution in [0.3, 0.4) is 0 Å². The summed E-state index contributed by atoms with van der Waals surface area (Å²) in [5.74, 6) is 0.692. The third kappa shape index (κ3) is 4.51. The maximum absolute atomic E-state index is 3.80. The second-order valence-corrected chi connectivity index (χ2v) is 3.44. The lowest BCUT2D eigenvalue weighted by atomic mass is 10.0. The van der Waals surface area contributed by atoms with Crippen LogP contribution in [0.25, 0.3) is 0 Å². The Morgan fingerprint density at radius 3 is 2.00 bits per heavy atom. The van der Waals surface area contributed by atoms with Crippen LogP contribution in [0, 0.1) is 5.92 Å². The van der Waals surface area contributed by atoms with Crippen LogP contribution < -0.4 is 0 Å². The van der Waals surface area contributed by atoms with Crippen molar-refractivity contribution in [3.05, 3.63) is 48.6 Å². The van der Waals surface area contributed by atoms with Crippen molar-refractivity contribution >= 4 is 0 Å². The molecule has 0 aromatic heterocycles. The fourth-order valence-corrected chi connectivity index (χ4v) is 1.08. The molecule has 0 bridgehead atoms. The minimum absolute atomic E-state index is 0.692. The van der Waals surface area contributed by atoms with Gasteiger partial charge < -0.3 is 0 Å². The first kappa shape index (κ1) is 12.0. The molecule has 0 fully saturated rings. The van der Waals surface area contributed by atoms with Crippen LogP contribution in [0.5, 0.6) is 0 Å². The fraction of sp³-hybridized carbons (Fsp3) is 0.385. The second kappa shape index (κ2) is 6.47. The summed E-state index contributed by atoms with van der Waals surface area (Å²) in [6, 6.07) is 0. The average molecular weight is 176 g/mol. The molecule has 0 heteroatoms. The molecule has 0 rings (SSSR count). The van der Waals surface area contributed by atoms with Crippen molar-refractivity contribution in [2.45, 2.75) is 27.2 Å². The normalized spacial score (nSPS) is 13.2. The summed E-state index contributed by atoms with van der Waals surface area (Å²) in [6.07, 6.45) is 9.12. The van der Waals surface area contributed by atoms with Gasteiger partial charge in [-0.05, 0) is 30.4 Å². The van der Waals surface area contributed by atoms with Crippen molar-refractivity contribution in [1.29, 1.82) is 0 Å². The van der Waals surface area contributed by atoms with E-state index in [9.17, 15) is 0 Å². The van der Waals surface area contributed by atoms with Gasteiger partial charge in [-0.15, -0.1) is 0 Å². The maximum Gasteiger partial charge on any atom is -0.0233 e. The Hall–Kier alpha value is -1.04. The molecular weight excluding hydrogens is 156 g/mol. The van der Waals surface area contributed by atoms with E-state index in [1.54, 1.807) is 0 Å². The van der Waals surface area contributed by atoms with Crippen LogP contribution in [0.2, 0.25) is 0 Å². The van der Waals surface area contributed by atoms with E-state index >= 15 is 0 Å². The van der Waals surface area contributed by atoms with E-state index in [1.165, 1.54) is 5.57 Å². The van der Waals surface area contributed by atoms with E-state index in [-0.39, 0.29) is 0 Å². The zero-order valence-corrected chi connectivity index (χ0v) is 9.01. The number of hydrogen-bond donors (Lipinski definition) is 0. The highest BCUT2D eigenvalue weighted by Crippen LogP contribution is 2.14. The molecule has 0 aliphatic rings. The first-order chi connectivity index (χ1) is 6.15. The standard InChI is InChI=1S/C13H20/c1-6-12(7-2)13(8-3)10-9-11(4)5/h6-8,10-11H,1,3,9H2,2,4-5H3/b12-7-,13-10-. The van der Waals surface area contributed by atoms with Gasteiger partial charge in [0, 0.05) is 0 Å². The minimum atomic E-state index is 0.692. The molecule has 0 aromatic rings. The average Bonchev–Trinajstić information content (AvgIpc) is 2.11. The van der Waals surface area contributed by atoms with Crippen LogP contribution in [0.1, 0.15) is 27.2 Å². The highest BCUT2D eigenvalue weighted by Gasteiger charge is 1.96. The van der Waals surface area contributed by atoms with Gasteiger partial charge in [-0.2, -0.15) is 0 Å². The summed E-state index contributed by atoms with van der Waals surface area (Å²) in [6.45, 7) is 14.0. The first-order valence-electron chi connectivity index (χ1n) is 4.77. The molecule has 0 saturated carbocycles. The highest BCUT2D eigenvalue weighted by molar-refractivity contribution is 5.44. The molecule has 13 heavy (non-hydrogen) atoms. The van der Waals surface area contributed by atoms with Gasteiger partial charge in [-0.3, -0.25) is 0 Å². The van der Waals surface area contributed by atoms with Gasteiger partial charge in [0.05, 0.1) is 0 Å². The Morgan fingerprint density at radius 2 is 1.69 bits per heavy atom. The summed E-state index contributed by atoms with van der Waals surface area (Å²) in [4.78, 5) is 0. The molecule has 0 aliphatic carbocycles. The number of allylic oxidation sites excluding steroid dienone is 6. The Labute approximate surface area is 82.4 Å². The van der Waals surface area contributed by atoms with Crippen molar-refractivity contribution < 1.29 is 0 Å². The zero-order valence-electron chi connectivity index (χ0n) is 9.01. The molecule has 0 radical (unpaired) electrons. The third-order valence-electron chi connectivity index (χ3n) is 1.89. The first-order valence-corrected chi connectivity index (χ1v) is 4.77. The maximum atomic E-state index is 3.80. The second-order valence-electron chi connectivity index (χ2n) is 3.44. The topological polar surface area (TPSA) is 0 Å². The van der Waals surface area contributed by atoms with E-state index in [0.717, 1.165) is 12.0 Å². The fourth-order valence-electron chi connectivity index (χ4n) is 1.08. The Morgan fingerprint density at radius 1 is 1.15 bits per heavy atom. The van der Waals surface area contributed by atoms with E-state index in [2.05, 4.69) is 39.2 Å². The molecule has 0 unspecified atom stereocenters. The summed E-state index contributed by atoms with van der Waals surface area (Å²) < 4.78 is 0. The van der Waals surface area contributed by atoms with Gasteiger partial charge in [-0.25, -0.2) is 0 Å². The van der Waals surface area contributed by atoms with E-state index in [4.69, 9.17) is 0 Å². The molecule has 0 heterocycles. The predicted molar refractivity (Wildman–Crippen MR) is 61.7 cm³/mol. The molecule has 0 saturated heterocycles. The van der Waals surface area contributed by atoms with E-state index in [1.807, 2.05) is 19.1 Å². The van der Waals surface area contributed by atoms with Gasteiger partial charge in [0.25, 0.3) is 0 Å². The quantitative estimate of drug-likeness (QED) is 0.548. The SMILES string of the molecule is C=CC(=C/C)/C(C=C)=C\CC(C)C. The number of rotatable bonds is 5. The third-order valence-corrected chi connectivity index (χ3v) is 1.89. The lowest BCUT2D eigenvalue weighted by Gasteiger charge is -2.04. The summed E-state index contributed by atoms with van der Waals surface area (Å²) in [5, 5.41) is 0. The zero-order chi connectivity index (χ0) is 10.3. The molecule has 0 spiro atoms. The highest BCUT2D eigenvalue weighted by atomic mass is 14.0. The van der Waals surface area contributed by atoms with Crippen LogP contribution in [0.4, 0.5) is 0 Å². The Kier molecular flexibility index (Phi) is 5.96. The summed E-state index contributed by atoms with van der Waals surface area (Å²) in [7, 11) is 0. The van der Waals surface area contributed by atoms with Crippen molar-refractivity contribution in [3.8, 4) is 0 Å². The van der Waals surface area contributed by atoms with Crippen molar-refractivity contribution in [3.63, 3.8) is 0 Å². The monoisotopic (exact) mass is 176 g/mol. The van der Waals surface area contributed by atoms with Crippen LogP contribution in [-0.4, -0.2) is 0 Å². The lowest BCUT2D eigenvalue weighted by molar-refractivity contribution is 0.662. The van der Waals surface area contributed by atoms with Gasteiger partial charge >= 0.3 is 0 Å².